The number of fused-ring (bicyclic) bond motifs is 3. The summed E-state index contributed by atoms with van der Waals surface area (Å²) < 4.78 is 6.47. The lowest BCUT2D eigenvalue weighted by atomic mass is 9.70. The van der Waals surface area contributed by atoms with Gasteiger partial charge < -0.3 is 9.84 Å². The van der Waals surface area contributed by atoms with E-state index in [4.69, 9.17) is 4.74 Å². The number of phenolic OH excluding ortho intramolecular Hbond substituents is 1. The first-order valence-electron chi connectivity index (χ1n) is 10.8. The second-order valence-electron chi connectivity index (χ2n) is 9.51. The largest absolute Gasteiger partial charge is 0.508 e. The summed E-state index contributed by atoms with van der Waals surface area (Å²) in [4.78, 5) is 0. The Hall–Kier alpha value is -1.26. The molecule has 0 radical (unpaired) electrons. The van der Waals surface area contributed by atoms with Crippen LogP contribution < -0.4 is 4.74 Å². The van der Waals surface area contributed by atoms with Crippen LogP contribution in [-0.2, 0) is 10.5 Å². The Balaban J connectivity index is 1.44. The van der Waals surface area contributed by atoms with Gasteiger partial charge in [-0.1, -0.05) is 44.2 Å². The van der Waals surface area contributed by atoms with E-state index in [1.54, 1.807) is 0 Å². The third-order valence-corrected chi connectivity index (χ3v) is 10.5. The number of hydrogen-bond donors (Lipinski definition) is 1. The highest BCUT2D eigenvalue weighted by Gasteiger charge is 2.45. The predicted molar refractivity (Wildman–Crippen MR) is 124 cm³/mol. The zero-order valence-corrected chi connectivity index (χ0v) is 19.0. The van der Waals surface area contributed by atoms with Crippen LogP contribution in [0.25, 0.3) is 0 Å². The van der Waals surface area contributed by atoms with Crippen LogP contribution in [0.3, 0.4) is 0 Å². The molecule has 2 heterocycles. The van der Waals surface area contributed by atoms with Crippen molar-refractivity contribution in [1.82, 2.24) is 0 Å². The van der Waals surface area contributed by atoms with E-state index < -0.39 is 0 Å². The third-order valence-electron chi connectivity index (χ3n) is 6.88. The zero-order valence-electron chi connectivity index (χ0n) is 17.3. The van der Waals surface area contributed by atoms with Gasteiger partial charge in [0.2, 0.25) is 0 Å². The molecule has 1 aliphatic carbocycles. The number of rotatable bonds is 4. The molecule has 2 aliphatic heterocycles. The minimum Gasteiger partial charge on any atom is -0.508 e. The fourth-order valence-corrected chi connectivity index (χ4v) is 8.53. The lowest BCUT2D eigenvalue weighted by molar-refractivity contribution is 0.0883. The van der Waals surface area contributed by atoms with Crippen molar-refractivity contribution in [3.05, 3.63) is 59.2 Å². The van der Waals surface area contributed by atoms with Crippen LogP contribution in [0.4, 0.5) is 0 Å². The predicted octanol–water partition coefficient (Wildman–Crippen LogP) is 6.71. The molecule has 0 bridgehead atoms. The minimum atomic E-state index is 0.0126. The number of hydrogen-bond acceptors (Lipinski definition) is 4. The average molecular weight is 427 g/mol. The zero-order chi connectivity index (χ0) is 20.1. The van der Waals surface area contributed by atoms with Crippen molar-refractivity contribution in [2.45, 2.75) is 62.1 Å². The van der Waals surface area contributed by atoms with Gasteiger partial charge in [-0.3, -0.25) is 0 Å². The first kappa shape index (κ1) is 19.7. The molecule has 2 atom stereocenters. The van der Waals surface area contributed by atoms with Crippen molar-refractivity contribution in [1.29, 1.82) is 0 Å². The molecule has 0 amide bonds. The molecule has 1 saturated carbocycles. The maximum absolute atomic E-state index is 11.0. The van der Waals surface area contributed by atoms with Gasteiger partial charge in [0.1, 0.15) is 17.6 Å². The molecular formula is C25H30O2S2. The summed E-state index contributed by atoms with van der Waals surface area (Å²) in [5.41, 5.74) is 4.01. The van der Waals surface area contributed by atoms with Crippen molar-refractivity contribution < 1.29 is 9.84 Å². The van der Waals surface area contributed by atoms with Gasteiger partial charge in [0.15, 0.2) is 0 Å². The smallest absolute Gasteiger partial charge is 0.127 e. The Morgan fingerprint density at radius 1 is 1.10 bits per heavy atom. The minimum absolute atomic E-state index is 0.0126. The molecule has 2 nitrogen and oxygen atoms in total. The van der Waals surface area contributed by atoms with E-state index in [2.05, 4.69) is 56.3 Å². The normalized spacial score (nSPS) is 26.6. The van der Waals surface area contributed by atoms with Gasteiger partial charge in [0.25, 0.3) is 0 Å². The van der Waals surface area contributed by atoms with E-state index in [1.807, 2.05) is 23.5 Å². The molecular weight excluding hydrogens is 396 g/mol. The molecule has 4 heteroatoms. The summed E-state index contributed by atoms with van der Waals surface area (Å²) >= 11 is 4.08. The maximum Gasteiger partial charge on any atom is 0.127 e. The third kappa shape index (κ3) is 3.67. The van der Waals surface area contributed by atoms with Gasteiger partial charge in [-0.25, -0.2) is 0 Å². The molecule has 2 aromatic rings. The van der Waals surface area contributed by atoms with Crippen molar-refractivity contribution in [3.8, 4) is 11.5 Å². The second kappa shape index (κ2) is 7.46. The van der Waals surface area contributed by atoms with E-state index >= 15 is 0 Å². The monoisotopic (exact) mass is 426 g/mol. The second-order valence-corrected chi connectivity index (χ2v) is 12.6. The quantitative estimate of drug-likeness (QED) is 0.588. The highest BCUT2D eigenvalue weighted by atomic mass is 32.2. The van der Waals surface area contributed by atoms with Gasteiger partial charge in [-0.15, -0.1) is 23.5 Å². The van der Waals surface area contributed by atoms with Crippen LogP contribution in [0.2, 0.25) is 0 Å². The van der Waals surface area contributed by atoms with Crippen LogP contribution in [-0.4, -0.2) is 22.7 Å². The van der Waals surface area contributed by atoms with Crippen LogP contribution >= 0.6 is 23.5 Å². The van der Waals surface area contributed by atoms with Crippen molar-refractivity contribution in [3.63, 3.8) is 0 Å². The number of aromatic hydroxyl groups is 1. The number of aryl methyl sites for hydroxylation is 1. The Morgan fingerprint density at radius 2 is 1.86 bits per heavy atom. The summed E-state index contributed by atoms with van der Waals surface area (Å²) in [6, 6.07) is 15.1. The number of thioether (sulfide) groups is 2. The number of ether oxygens (including phenoxy) is 1. The Morgan fingerprint density at radius 3 is 2.62 bits per heavy atom. The fourth-order valence-electron chi connectivity index (χ4n) is 5.30. The Labute approximate surface area is 182 Å². The van der Waals surface area contributed by atoms with Gasteiger partial charge in [-0.05, 0) is 60.8 Å². The van der Waals surface area contributed by atoms with Gasteiger partial charge in [0.05, 0.1) is 4.08 Å². The lowest BCUT2D eigenvalue weighted by Gasteiger charge is -2.36. The Kier molecular flexibility index (Phi) is 5.06. The topological polar surface area (TPSA) is 29.5 Å². The SMILES string of the molecule is CC1(C)CCC2c3c(O)cc(C4(CCc5ccccc5)SCCS4)cc3OC2C1. The van der Waals surface area contributed by atoms with E-state index in [0.29, 0.717) is 17.1 Å². The lowest BCUT2D eigenvalue weighted by Crippen LogP contribution is -2.32. The Bertz CT molecular complexity index is 887. The molecule has 1 saturated heterocycles. The first-order chi connectivity index (χ1) is 14.0. The van der Waals surface area contributed by atoms with Crippen LogP contribution in [0, 0.1) is 5.41 Å². The van der Waals surface area contributed by atoms with Gasteiger partial charge in [0, 0.05) is 23.0 Å². The molecule has 154 valence electrons. The van der Waals surface area contributed by atoms with Crippen LogP contribution in [0.15, 0.2) is 42.5 Å². The molecule has 2 unspecified atom stereocenters. The first-order valence-corrected chi connectivity index (χ1v) is 12.8. The van der Waals surface area contributed by atoms with E-state index in [-0.39, 0.29) is 10.2 Å². The van der Waals surface area contributed by atoms with E-state index in [9.17, 15) is 5.11 Å². The number of benzene rings is 2. The summed E-state index contributed by atoms with van der Waals surface area (Å²) in [6.07, 6.45) is 5.73. The highest BCUT2D eigenvalue weighted by Crippen LogP contribution is 2.59. The van der Waals surface area contributed by atoms with E-state index in [1.165, 1.54) is 17.5 Å². The summed E-state index contributed by atoms with van der Waals surface area (Å²) in [5.74, 6) is 4.09. The van der Waals surface area contributed by atoms with Crippen LogP contribution in [0.1, 0.15) is 62.1 Å². The summed E-state index contributed by atoms with van der Waals surface area (Å²) in [6.45, 7) is 4.68. The molecule has 5 rings (SSSR count). The summed E-state index contributed by atoms with van der Waals surface area (Å²) in [7, 11) is 0. The standard InChI is InChI=1S/C25H30O2S2/c1-24(2)10-9-19-22(16-24)27-21-15-18(14-20(26)23(19)21)25(28-12-13-29-25)11-8-17-6-4-3-5-7-17/h3-7,14-15,19,22,26H,8-13,16H2,1-2H3. The molecule has 29 heavy (non-hydrogen) atoms. The molecule has 2 aromatic carbocycles. The van der Waals surface area contributed by atoms with Crippen molar-refractivity contribution in [2.75, 3.05) is 11.5 Å². The average Bonchev–Trinajstić information content (AvgIpc) is 3.31. The van der Waals surface area contributed by atoms with Gasteiger partial charge in [-0.2, -0.15) is 0 Å². The molecule has 1 N–H and O–H groups in total. The number of phenols is 1. The molecule has 0 spiro atoms. The highest BCUT2D eigenvalue weighted by molar-refractivity contribution is 8.20. The summed E-state index contributed by atoms with van der Waals surface area (Å²) in [5, 5.41) is 11.0. The maximum atomic E-state index is 11.0. The van der Waals surface area contributed by atoms with Crippen molar-refractivity contribution >= 4 is 23.5 Å². The molecule has 3 aliphatic rings. The van der Waals surface area contributed by atoms with Crippen LogP contribution in [0.5, 0.6) is 11.5 Å². The fraction of sp³-hybridized carbons (Fsp3) is 0.520. The van der Waals surface area contributed by atoms with Crippen molar-refractivity contribution in [2.24, 2.45) is 5.41 Å². The van der Waals surface area contributed by atoms with E-state index in [0.717, 1.165) is 48.5 Å². The molecule has 0 aromatic heterocycles. The van der Waals surface area contributed by atoms with Gasteiger partial charge >= 0.3 is 0 Å². The molecule has 2 fully saturated rings.